The molecule has 2 rings (SSSR count). The summed E-state index contributed by atoms with van der Waals surface area (Å²) in [5, 5.41) is 0. The Bertz CT molecular complexity index is 578. The van der Waals surface area contributed by atoms with Crippen molar-refractivity contribution in [2.75, 3.05) is 0 Å². The summed E-state index contributed by atoms with van der Waals surface area (Å²) in [4.78, 5) is 34.8. The van der Waals surface area contributed by atoms with E-state index in [2.05, 4.69) is 4.98 Å². The number of hydrogen-bond acceptors (Lipinski definition) is 4. The zero-order valence-corrected chi connectivity index (χ0v) is 7.65. The Labute approximate surface area is 83.7 Å². The van der Waals surface area contributed by atoms with Crippen LogP contribution >= 0.6 is 0 Å². The topological polar surface area (TPSA) is 80.1 Å². The molecule has 0 spiro atoms. The largest absolute Gasteiger partial charge is 0.417 e. The molecule has 76 valence electrons. The van der Waals surface area contributed by atoms with Crippen LogP contribution in [0, 0.1) is 0 Å². The average Bonchev–Trinajstić information content (AvgIpc) is 2.57. The highest BCUT2D eigenvalue weighted by Crippen LogP contribution is 2.13. The molecule has 0 amide bonds. The normalized spacial score (nSPS) is 10.4. The number of Topliss-reactive ketones (excluding diaryl/α,β-unsaturated/α-hetero) is 1. The summed E-state index contributed by atoms with van der Waals surface area (Å²) in [6, 6.07) is 4.53. The van der Waals surface area contributed by atoms with E-state index in [0.29, 0.717) is 22.9 Å². The molecule has 1 heterocycles. The molecule has 0 bridgehead atoms. The van der Waals surface area contributed by atoms with Crippen molar-refractivity contribution in [1.29, 1.82) is 0 Å². The molecule has 0 saturated carbocycles. The molecular weight excluding hydrogens is 198 g/mol. The van der Waals surface area contributed by atoms with Crippen LogP contribution in [0.15, 0.2) is 27.4 Å². The van der Waals surface area contributed by atoms with Gasteiger partial charge in [0.25, 0.3) is 0 Å². The van der Waals surface area contributed by atoms with Gasteiger partial charge in [-0.15, -0.1) is 0 Å². The highest BCUT2D eigenvalue weighted by molar-refractivity contribution is 6.04. The first-order chi connectivity index (χ1) is 7.20. The van der Waals surface area contributed by atoms with E-state index in [1.165, 1.54) is 18.2 Å². The van der Waals surface area contributed by atoms with Gasteiger partial charge in [0.2, 0.25) is 0 Å². The van der Waals surface area contributed by atoms with E-state index in [-0.39, 0.29) is 12.2 Å². The number of aromatic amines is 1. The molecule has 0 unspecified atom stereocenters. The zero-order valence-electron chi connectivity index (χ0n) is 7.65. The third-order valence-electron chi connectivity index (χ3n) is 2.01. The van der Waals surface area contributed by atoms with Crippen molar-refractivity contribution < 1.29 is 14.0 Å². The van der Waals surface area contributed by atoms with Crippen LogP contribution in [-0.4, -0.2) is 17.1 Å². The molecule has 0 saturated heterocycles. The van der Waals surface area contributed by atoms with E-state index < -0.39 is 5.76 Å². The van der Waals surface area contributed by atoms with Gasteiger partial charge >= 0.3 is 5.76 Å². The van der Waals surface area contributed by atoms with E-state index in [4.69, 9.17) is 4.42 Å². The molecule has 0 atom stereocenters. The summed E-state index contributed by atoms with van der Waals surface area (Å²) in [6.07, 6.45) is 0.387. The molecule has 0 aliphatic rings. The standard InChI is InChI=1S/C10H7NO4/c12-4-3-8(13)6-1-2-9-7(5-6)11-10(14)15-9/h1-2,4-5H,3H2,(H,11,14). The summed E-state index contributed by atoms with van der Waals surface area (Å²) in [5.41, 5.74) is 1.23. The maximum atomic E-state index is 11.3. The Morgan fingerprint density at radius 2 is 2.27 bits per heavy atom. The van der Waals surface area contributed by atoms with Crippen molar-refractivity contribution in [3.05, 3.63) is 34.3 Å². The van der Waals surface area contributed by atoms with Gasteiger partial charge in [0.1, 0.15) is 6.29 Å². The fourth-order valence-corrected chi connectivity index (χ4v) is 1.32. The number of aromatic nitrogens is 1. The van der Waals surface area contributed by atoms with Gasteiger partial charge in [0.15, 0.2) is 11.4 Å². The van der Waals surface area contributed by atoms with Gasteiger partial charge in [-0.1, -0.05) is 0 Å². The molecular formula is C10H7NO4. The van der Waals surface area contributed by atoms with Crippen LogP contribution in [0.5, 0.6) is 0 Å². The van der Waals surface area contributed by atoms with Crippen LogP contribution in [0.4, 0.5) is 0 Å². The number of rotatable bonds is 3. The number of carbonyl (C=O) groups is 2. The maximum absolute atomic E-state index is 11.3. The predicted octanol–water partition coefficient (Wildman–Crippen LogP) is 0.893. The summed E-state index contributed by atoms with van der Waals surface area (Å²) < 4.78 is 4.77. The first-order valence-electron chi connectivity index (χ1n) is 4.30. The lowest BCUT2D eigenvalue weighted by molar-refractivity contribution is -0.107. The van der Waals surface area contributed by atoms with Crippen LogP contribution in [0.25, 0.3) is 11.1 Å². The molecule has 15 heavy (non-hydrogen) atoms. The molecule has 0 radical (unpaired) electrons. The van der Waals surface area contributed by atoms with Gasteiger partial charge < -0.3 is 9.21 Å². The van der Waals surface area contributed by atoms with E-state index >= 15 is 0 Å². The summed E-state index contributed by atoms with van der Waals surface area (Å²) in [7, 11) is 0. The minimum Gasteiger partial charge on any atom is -0.408 e. The monoisotopic (exact) mass is 205 g/mol. The molecule has 1 aromatic carbocycles. The van der Waals surface area contributed by atoms with Gasteiger partial charge in [-0.25, -0.2) is 4.79 Å². The number of aldehydes is 1. The van der Waals surface area contributed by atoms with Crippen LogP contribution < -0.4 is 5.76 Å². The maximum Gasteiger partial charge on any atom is 0.417 e. The number of H-pyrrole nitrogens is 1. The smallest absolute Gasteiger partial charge is 0.408 e. The third kappa shape index (κ3) is 1.71. The SMILES string of the molecule is O=CCC(=O)c1ccc2oc(=O)[nH]c2c1. The lowest BCUT2D eigenvalue weighted by Gasteiger charge is -1.95. The number of nitrogens with one attached hydrogen (secondary N) is 1. The lowest BCUT2D eigenvalue weighted by atomic mass is 10.1. The van der Waals surface area contributed by atoms with Gasteiger partial charge in [-0.05, 0) is 18.2 Å². The van der Waals surface area contributed by atoms with Gasteiger partial charge in [-0.2, -0.15) is 0 Å². The fraction of sp³-hybridized carbons (Fsp3) is 0.100. The molecule has 1 N–H and O–H groups in total. The minimum atomic E-state index is -0.565. The van der Waals surface area contributed by atoms with Gasteiger partial charge in [-0.3, -0.25) is 9.78 Å². The Morgan fingerprint density at radius 1 is 1.47 bits per heavy atom. The van der Waals surface area contributed by atoms with Gasteiger partial charge in [0.05, 0.1) is 11.9 Å². The minimum absolute atomic E-state index is 0.159. The van der Waals surface area contributed by atoms with Crippen LogP contribution in [0.1, 0.15) is 16.8 Å². The Balaban J connectivity index is 2.50. The first-order valence-corrected chi connectivity index (χ1v) is 4.30. The number of carbonyl (C=O) groups excluding carboxylic acids is 2. The molecule has 0 fully saturated rings. The Kier molecular flexibility index (Phi) is 2.21. The van der Waals surface area contributed by atoms with Crippen LogP contribution in [0.3, 0.4) is 0 Å². The Morgan fingerprint density at radius 3 is 3.00 bits per heavy atom. The first kappa shape index (κ1) is 9.39. The quantitative estimate of drug-likeness (QED) is 0.458. The number of benzene rings is 1. The predicted molar refractivity (Wildman–Crippen MR) is 51.8 cm³/mol. The van der Waals surface area contributed by atoms with Crippen molar-refractivity contribution in [2.24, 2.45) is 0 Å². The molecule has 5 nitrogen and oxygen atoms in total. The zero-order chi connectivity index (χ0) is 10.8. The van der Waals surface area contributed by atoms with E-state index in [1.54, 1.807) is 0 Å². The van der Waals surface area contributed by atoms with Crippen molar-refractivity contribution in [1.82, 2.24) is 4.98 Å². The van der Waals surface area contributed by atoms with Crippen molar-refractivity contribution in [2.45, 2.75) is 6.42 Å². The van der Waals surface area contributed by atoms with Crippen molar-refractivity contribution in [3.63, 3.8) is 0 Å². The molecule has 5 heteroatoms. The molecule has 0 aliphatic carbocycles. The van der Waals surface area contributed by atoms with Crippen LogP contribution in [-0.2, 0) is 4.79 Å². The number of hydrogen-bond donors (Lipinski definition) is 1. The van der Waals surface area contributed by atoms with E-state index in [1.807, 2.05) is 0 Å². The Hall–Kier alpha value is -2.17. The second-order valence-electron chi connectivity index (χ2n) is 3.02. The lowest BCUT2D eigenvalue weighted by Crippen LogP contribution is -1.99. The van der Waals surface area contributed by atoms with Crippen molar-refractivity contribution >= 4 is 23.2 Å². The third-order valence-corrected chi connectivity index (χ3v) is 2.01. The summed E-state index contributed by atoms with van der Waals surface area (Å²) >= 11 is 0. The number of ketones is 1. The molecule has 1 aromatic heterocycles. The number of fused-ring (bicyclic) bond motifs is 1. The summed E-state index contributed by atoms with van der Waals surface area (Å²) in [5.74, 6) is -0.848. The van der Waals surface area contributed by atoms with Gasteiger partial charge in [0, 0.05) is 5.56 Å². The second kappa shape index (κ2) is 3.53. The van der Waals surface area contributed by atoms with Crippen LogP contribution in [0.2, 0.25) is 0 Å². The number of oxazole rings is 1. The highest BCUT2D eigenvalue weighted by Gasteiger charge is 2.07. The summed E-state index contributed by atoms with van der Waals surface area (Å²) in [6.45, 7) is 0. The average molecular weight is 205 g/mol. The fourth-order valence-electron chi connectivity index (χ4n) is 1.32. The highest BCUT2D eigenvalue weighted by atomic mass is 16.4. The second-order valence-corrected chi connectivity index (χ2v) is 3.02. The van der Waals surface area contributed by atoms with E-state index in [9.17, 15) is 14.4 Å². The molecule has 0 aliphatic heterocycles. The van der Waals surface area contributed by atoms with E-state index in [0.717, 1.165) is 0 Å². The van der Waals surface area contributed by atoms with Crippen molar-refractivity contribution in [3.8, 4) is 0 Å². The molecule has 2 aromatic rings.